The van der Waals surface area contributed by atoms with E-state index in [1.165, 1.54) is 6.33 Å². The topological polar surface area (TPSA) is 104 Å². The molecule has 0 amide bonds. The van der Waals surface area contributed by atoms with Crippen LogP contribution in [-0.2, 0) is 11.3 Å². The molecule has 1 aliphatic heterocycles. The third-order valence-corrected chi connectivity index (χ3v) is 6.85. The number of anilines is 1. The zero-order valence-electron chi connectivity index (χ0n) is 20.0. The number of nitrogens with zero attached hydrogens (tertiary/aromatic N) is 8. The largest absolute Gasteiger partial charge is 0.383 e. The molecule has 6 heterocycles. The van der Waals surface area contributed by atoms with Gasteiger partial charge in [-0.25, -0.2) is 14.6 Å². The Balaban J connectivity index is 1.39. The molecule has 1 fully saturated rings. The molecule has 0 aromatic carbocycles. The Bertz CT molecular complexity index is 1490. The third kappa shape index (κ3) is 3.84. The lowest BCUT2D eigenvalue weighted by atomic mass is 10.1. The van der Waals surface area contributed by atoms with E-state index < -0.39 is 0 Å². The summed E-state index contributed by atoms with van der Waals surface area (Å²) in [6.07, 6.45) is 5.64. The molecule has 1 aliphatic rings. The number of fused-ring (bicyclic) bond motifs is 2. The fourth-order valence-corrected chi connectivity index (χ4v) is 4.99. The van der Waals surface area contributed by atoms with Crippen molar-refractivity contribution in [3.8, 4) is 11.4 Å². The average molecular weight is 472 g/mol. The van der Waals surface area contributed by atoms with Crippen LogP contribution in [0.2, 0.25) is 0 Å². The van der Waals surface area contributed by atoms with E-state index in [1.54, 1.807) is 0 Å². The normalized spacial score (nSPS) is 15.8. The van der Waals surface area contributed by atoms with E-state index in [2.05, 4.69) is 62.9 Å². The van der Waals surface area contributed by atoms with E-state index in [-0.39, 0.29) is 6.04 Å². The predicted octanol–water partition coefficient (Wildman–Crippen LogP) is 2.77. The molecule has 10 nitrogen and oxygen atoms in total. The van der Waals surface area contributed by atoms with Crippen LogP contribution >= 0.6 is 0 Å². The standard InChI is InChI=1S/C25H29N9O/c1-17-22-24(26)27-16-28-25(22)34(29-17)18(2)20-15-19-5-3-4-7-33(19)23(20)21-6-8-32(30-21)10-9-31-11-13-35-14-12-31/h3-8,15-16,18H,9-14H2,1-2H3,(H2,26,27,28). The lowest BCUT2D eigenvalue weighted by Crippen LogP contribution is -2.38. The van der Waals surface area contributed by atoms with Crippen molar-refractivity contribution in [2.75, 3.05) is 38.6 Å². The van der Waals surface area contributed by atoms with Crippen molar-refractivity contribution in [2.24, 2.45) is 0 Å². The monoisotopic (exact) mass is 471 g/mol. The molecule has 1 saturated heterocycles. The highest BCUT2D eigenvalue weighted by Gasteiger charge is 2.24. The van der Waals surface area contributed by atoms with Gasteiger partial charge in [-0.05, 0) is 38.1 Å². The van der Waals surface area contributed by atoms with Gasteiger partial charge in [0.25, 0.3) is 0 Å². The van der Waals surface area contributed by atoms with Gasteiger partial charge in [0.05, 0.1) is 42.6 Å². The zero-order chi connectivity index (χ0) is 23.9. The maximum absolute atomic E-state index is 6.14. The summed E-state index contributed by atoms with van der Waals surface area (Å²) >= 11 is 0. The molecule has 0 radical (unpaired) electrons. The minimum atomic E-state index is -0.0890. The van der Waals surface area contributed by atoms with Crippen LogP contribution < -0.4 is 5.73 Å². The molecule has 180 valence electrons. The van der Waals surface area contributed by atoms with Gasteiger partial charge in [0.15, 0.2) is 5.65 Å². The molecule has 0 aliphatic carbocycles. The Morgan fingerprint density at radius 3 is 2.77 bits per heavy atom. The highest BCUT2D eigenvalue weighted by molar-refractivity contribution is 5.88. The van der Waals surface area contributed by atoms with Crippen molar-refractivity contribution in [1.29, 1.82) is 0 Å². The van der Waals surface area contributed by atoms with Crippen molar-refractivity contribution in [3.63, 3.8) is 0 Å². The number of ether oxygens (including phenoxy) is 1. The van der Waals surface area contributed by atoms with Crippen molar-refractivity contribution in [3.05, 3.63) is 60.3 Å². The number of nitrogen functional groups attached to an aromatic ring is 1. The maximum atomic E-state index is 6.14. The number of rotatable bonds is 6. The van der Waals surface area contributed by atoms with Crippen molar-refractivity contribution in [1.82, 2.24) is 38.8 Å². The third-order valence-electron chi connectivity index (χ3n) is 6.85. The minimum Gasteiger partial charge on any atom is -0.383 e. The lowest BCUT2D eigenvalue weighted by molar-refractivity contribution is 0.0360. The van der Waals surface area contributed by atoms with Gasteiger partial charge in [0, 0.05) is 43.1 Å². The fraction of sp³-hybridized carbons (Fsp3) is 0.360. The van der Waals surface area contributed by atoms with Crippen LogP contribution in [0.3, 0.4) is 0 Å². The Morgan fingerprint density at radius 1 is 1.06 bits per heavy atom. The Labute approximate surface area is 202 Å². The van der Waals surface area contributed by atoms with Crippen LogP contribution in [0.15, 0.2) is 49.1 Å². The van der Waals surface area contributed by atoms with E-state index in [0.717, 1.165) is 78.6 Å². The minimum absolute atomic E-state index is 0.0890. The molecule has 6 rings (SSSR count). The number of nitrogens with two attached hydrogens (primary N) is 1. The first-order chi connectivity index (χ1) is 17.1. The van der Waals surface area contributed by atoms with Gasteiger partial charge in [0.1, 0.15) is 17.8 Å². The molecular weight excluding hydrogens is 442 g/mol. The van der Waals surface area contributed by atoms with Crippen LogP contribution in [-0.4, -0.2) is 71.7 Å². The van der Waals surface area contributed by atoms with Gasteiger partial charge in [-0.3, -0.25) is 9.58 Å². The summed E-state index contributed by atoms with van der Waals surface area (Å²) in [5, 5.41) is 10.6. The average Bonchev–Trinajstić information content (AvgIpc) is 3.58. The highest BCUT2D eigenvalue weighted by atomic mass is 16.5. The van der Waals surface area contributed by atoms with Gasteiger partial charge >= 0.3 is 0 Å². The molecule has 5 aromatic heterocycles. The summed E-state index contributed by atoms with van der Waals surface area (Å²) in [5.41, 5.74) is 11.9. The number of hydrogen-bond acceptors (Lipinski definition) is 7. The predicted molar refractivity (Wildman–Crippen MR) is 134 cm³/mol. The zero-order valence-corrected chi connectivity index (χ0v) is 20.0. The fourth-order valence-electron chi connectivity index (χ4n) is 4.99. The van der Waals surface area contributed by atoms with Gasteiger partial charge in [-0.15, -0.1) is 0 Å². The van der Waals surface area contributed by atoms with E-state index in [1.807, 2.05) is 22.4 Å². The van der Waals surface area contributed by atoms with Crippen molar-refractivity contribution < 1.29 is 4.74 Å². The van der Waals surface area contributed by atoms with E-state index in [4.69, 9.17) is 20.7 Å². The van der Waals surface area contributed by atoms with E-state index in [0.29, 0.717) is 5.82 Å². The second kappa shape index (κ2) is 8.79. The van der Waals surface area contributed by atoms with Crippen LogP contribution in [0.1, 0.15) is 24.2 Å². The molecule has 35 heavy (non-hydrogen) atoms. The summed E-state index contributed by atoms with van der Waals surface area (Å²) in [6, 6.07) is 10.4. The maximum Gasteiger partial charge on any atom is 0.164 e. The molecule has 0 spiro atoms. The first-order valence-electron chi connectivity index (χ1n) is 12.0. The van der Waals surface area contributed by atoms with Crippen molar-refractivity contribution in [2.45, 2.75) is 26.4 Å². The Morgan fingerprint density at radius 2 is 1.91 bits per heavy atom. The molecule has 0 bridgehead atoms. The van der Waals surface area contributed by atoms with Crippen LogP contribution in [0.5, 0.6) is 0 Å². The second-order valence-electron chi connectivity index (χ2n) is 9.03. The Hall–Kier alpha value is -3.76. The van der Waals surface area contributed by atoms with E-state index >= 15 is 0 Å². The quantitative estimate of drug-likeness (QED) is 0.406. The summed E-state index contributed by atoms with van der Waals surface area (Å²) in [6.45, 7) is 9.45. The first kappa shape index (κ1) is 21.8. The molecule has 10 heteroatoms. The van der Waals surface area contributed by atoms with Gasteiger partial charge < -0.3 is 14.9 Å². The molecule has 5 aromatic rings. The Kier molecular flexibility index (Phi) is 5.46. The van der Waals surface area contributed by atoms with Gasteiger partial charge in [0.2, 0.25) is 0 Å². The van der Waals surface area contributed by atoms with Crippen LogP contribution in [0.4, 0.5) is 5.82 Å². The number of morpholine rings is 1. The smallest absolute Gasteiger partial charge is 0.164 e. The van der Waals surface area contributed by atoms with Crippen molar-refractivity contribution >= 4 is 22.4 Å². The number of aromatic nitrogens is 7. The summed E-state index contributed by atoms with van der Waals surface area (Å²) < 4.78 is 11.6. The second-order valence-corrected chi connectivity index (χ2v) is 9.03. The molecule has 0 saturated carbocycles. The summed E-state index contributed by atoms with van der Waals surface area (Å²) in [4.78, 5) is 11.1. The van der Waals surface area contributed by atoms with Crippen LogP contribution in [0, 0.1) is 6.92 Å². The highest BCUT2D eigenvalue weighted by Crippen LogP contribution is 2.34. The lowest BCUT2D eigenvalue weighted by Gasteiger charge is -2.26. The van der Waals surface area contributed by atoms with Gasteiger partial charge in [-0.2, -0.15) is 10.2 Å². The SMILES string of the molecule is Cc1nn(C(C)c2cc3ccccn3c2-c2ccn(CCN3CCOCC3)n2)c2ncnc(N)c12. The molecule has 1 atom stereocenters. The first-order valence-corrected chi connectivity index (χ1v) is 12.0. The number of pyridine rings is 1. The molecular formula is C25H29N9O. The van der Waals surface area contributed by atoms with E-state index in [9.17, 15) is 0 Å². The van der Waals surface area contributed by atoms with Gasteiger partial charge in [-0.1, -0.05) is 6.07 Å². The number of aryl methyl sites for hydroxylation is 1. The molecule has 1 unspecified atom stereocenters. The summed E-state index contributed by atoms with van der Waals surface area (Å²) in [7, 11) is 0. The molecule has 2 N–H and O–H groups in total. The van der Waals surface area contributed by atoms with Crippen LogP contribution in [0.25, 0.3) is 27.9 Å². The number of hydrogen-bond donors (Lipinski definition) is 1. The summed E-state index contributed by atoms with van der Waals surface area (Å²) in [5.74, 6) is 0.451.